The van der Waals surface area contributed by atoms with Crippen LogP contribution in [-0.2, 0) is 4.79 Å². The van der Waals surface area contributed by atoms with E-state index in [4.69, 9.17) is 5.11 Å². The summed E-state index contributed by atoms with van der Waals surface area (Å²) in [6.07, 6.45) is 5.73. The van der Waals surface area contributed by atoms with Crippen LogP contribution in [0.15, 0.2) is 12.2 Å². The Morgan fingerprint density at radius 1 is 1.28 bits per heavy atom. The average molecular weight is 252 g/mol. The first-order chi connectivity index (χ1) is 8.26. The molecule has 0 aliphatic heterocycles. The van der Waals surface area contributed by atoms with Crippen molar-refractivity contribution in [3.63, 3.8) is 0 Å². The van der Waals surface area contributed by atoms with Gasteiger partial charge in [-0.05, 0) is 56.3 Å². The van der Waals surface area contributed by atoms with Crippen LogP contribution in [0.5, 0.6) is 0 Å². The van der Waals surface area contributed by atoms with Gasteiger partial charge in [0.15, 0.2) is 0 Å². The minimum Gasteiger partial charge on any atom is -0.478 e. The van der Waals surface area contributed by atoms with Gasteiger partial charge < -0.3 is 10.2 Å². The fraction of sp³-hybridized carbons (Fsp3) is 0.800. The maximum absolute atomic E-state index is 11.0. The Hall–Kier alpha value is -0.830. The van der Waals surface area contributed by atoms with Crippen molar-refractivity contribution < 1.29 is 15.0 Å². The SMILES string of the molecule is C=C(C(=O)O)C1CC[C@@]2(C)CCC[C@@](C)(O)C2C1. The molecule has 0 aromatic carbocycles. The van der Waals surface area contributed by atoms with E-state index in [0.29, 0.717) is 5.57 Å². The van der Waals surface area contributed by atoms with E-state index in [-0.39, 0.29) is 17.3 Å². The highest BCUT2D eigenvalue weighted by atomic mass is 16.4. The van der Waals surface area contributed by atoms with Crippen LogP contribution in [0.25, 0.3) is 0 Å². The summed E-state index contributed by atoms with van der Waals surface area (Å²) in [5.41, 5.74) is -0.153. The summed E-state index contributed by atoms with van der Waals surface area (Å²) in [4.78, 5) is 11.0. The van der Waals surface area contributed by atoms with Gasteiger partial charge in [0, 0.05) is 5.57 Å². The standard InChI is InChI=1S/C15H24O3/c1-10(13(16)17)11-5-8-14(2)6-4-7-15(3,18)12(14)9-11/h11-12,18H,1,4-9H2,2-3H3,(H,16,17)/t11?,12?,14-,15-/m1/s1. The van der Waals surface area contributed by atoms with E-state index in [1.807, 2.05) is 6.92 Å². The highest BCUT2D eigenvalue weighted by Crippen LogP contribution is 2.56. The molecule has 0 radical (unpaired) electrons. The zero-order chi connectivity index (χ0) is 13.6. The summed E-state index contributed by atoms with van der Waals surface area (Å²) in [6.45, 7) is 7.88. The molecule has 3 heteroatoms. The molecule has 0 aromatic rings. The second-order valence-electron chi connectivity index (χ2n) is 6.72. The van der Waals surface area contributed by atoms with Crippen molar-refractivity contribution >= 4 is 5.97 Å². The summed E-state index contributed by atoms with van der Waals surface area (Å²) in [6, 6.07) is 0. The fourth-order valence-electron chi connectivity index (χ4n) is 4.18. The molecule has 0 heterocycles. The van der Waals surface area contributed by atoms with Crippen LogP contribution in [0.2, 0.25) is 0 Å². The second-order valence-corrected chi connectivity index (χ2v) is 6.72. The molecule has 2 fully saturated rings. The van der Waals surface area contributed by atoms with Crippen molar-refractivity contribution in [2.75, 3.05) is 0 Å². The lowest BCUT2D eigenvalue weighted by Gasteiger charge is -2.54. The van der Waals surface area contributed by atoms with E-state index in [2.05, 4.69) is 13.5 Å². The molecule has 18 heavy (non-hydrogen) atoms. The molecule has 2 aliphatic rings. The van der Waals surface area contributed by atoms with E-state index in [0.717, 1.165) is 38.5 Å². The maximum atomic E-state index is 11.0. The molecule has 0 aromatic heterocycles. The van der Waals surface area contributed by atoms with Crippen LogP contribution >= 0.6 is 0 Å². The van der Waals surface area contributed by atoms with Crippen LogP contribution in [0.1, 0.15) is 52.4 Å². The van der Waals surface area contributed by atoms with Gasteiger partial charge in [-0.25, -0.2) is 4.79 Å². The molecule has 2 N–H and O–H groups in total. The summed E-state index contributed by atoms with van der Waals surface area (Å²) in [5, 5.41) is 19.7. The monoisotopic (exact) mass is 252 g/mol. The van der Waals surface area contributed by atoms with Gasteiger partial charge in [0.25, 0.3) is 0 Å². The van der Waals surface area contributed by atoms with Crippen molar-refractivity contribution in [1.29, 1.82) is 0 Å². The minimum atomic E-state index is -0.890. The number of hydrogen-bond donors (Lipinski definition) is 2. The van der Waals surface area contributed by atoms with Gasteiger partial charge in [-0.2, -0.15) is 0 Å². The average Bonchev–Trinajstić information content (AvgIpc) is 2.27. The molecule has 4 atom stereocenters. The first-order valence-electron chi connectivity index (χ1n) is 6.91. The number of carbonyl (C=O) groups is 1. The molecule has 0 saturated heterocycles. The summed E-state index contributed by atoms with van der Waals surface area (Å²) in [7, 11) is 0. The van der Waals surface area contributed by atoms with Gasteiger partial charge in [-0.15, -0.1) is 0 Å². The molecule has 0 spiro atoms. The van der Waals surface area contributed by atoms with Crippen molar-refractivity contribution in [3.8, 4) is 0 Å². The molecule has 2 rings (SSSR count). The summed E-state index contributed by atoms with van der Waals surface area (Å²) < 4.78 is 0. The number of fused-ring (bicyclic) bond motifs is 1. The molecule has 2 saturated carbocycles. The van der Waals surface area contributed by atoms with E-state index >= 15 is 0 Å². The minimum absolute atomic E-state index is 0.0325. The molecule has 2 aliphatic carbocycles. The van der Waals surface area contributed by atoms with Crippen LogP contribution in [0.4, 0.5) is 0 Å². The third kappa shape index (κ3) is 2.20. The zero-order valence-corrected chi connectivity index (χ0v) is 11.4. The Balaban J connectivity index is 2.19. The number of aliphatic carboxylic acids is 1. The van der Waals surface area contributed by atoms with Crippen molar-refractivity contribution in [2.24, 2.45) is 17.3 Å². The second kappa shape index (κ2) is 4.37. The van der Waals surface area contributed by atoms with Crippen molar-refractivity contribution in [1.82, 2.24) is 0 Å². The molecule has 0 amide bonds. The number of carboxylic acids is 1. The Bertz CT molecular complexity index is 372. The van der Waals surface area contributed by atoms with Crippen molar-refractivity contribution in [3.05, 3.63) is 12.2 Å². The highest BCUT2D eigenvalue weighted by molar-refractivity contribution is 5.86. The molecular weight excluding hydrogens is 228 g/mol. The summed E-state index contributed by atoms with van der Waals surface area (Å²) >= 11 is 0. The molecule has 102 valence electrons. The van der Waals surface area contributed by atoms with Gasteiger partial charge in [0.2, 0.25) is 0 Å². The maximum Gasteiger partial charge on any atom is 0.331 e. The van der Waals surface area contributed by atoms with Gasteiger partial charge in [-0.1, -0.05) is 19.9 Å². The van der Waals surface area contributed by atoms with Crippen LogP contribution in [0.3, 0.4) is 0 Å². The predicted octanol–water partition coefficient (Wildman–Crippen LogP) is 2.98. The lowest BCUT2D eigenvalue weighted by Crippen LogP contribution is -2.51. The lowest BCUT2D eigenvalue weighted by molar-refractivity contribution is -0.137. The van der Waals surface area contributed by atoms with Crippen LogP contribution in [-0.4, -0.2) is 21.8 Å². The largest absolute Gasteiger partial charge is 0.478 e. The topological polar surface area (TPSA) is 57.5 Å². The van der Waals surface area contributed by atoms with Crippen molar-refractivity contribution in [2.45, 2.75) is 58.0 Å². The quantitative estimate of drug-likeness (QED) is 0.743. The highest BCUT2D eigenvalue weighted by Gasteiger charge is 2.51. The van der Waals surface area contributed by atoms with E-state index in [9.17, 15) is 9.90 Å². The Morgan fingerprint density at radius 3 is 2.56 bits per heavy atom. The number of hydrogen-bond acceptors (Lipinski definition) is 2. The zero-order valence-electron chi connectivity index (χ0n) is 11.4. The number of rotatable bonds is 2. The first kappa shape index (κ1) is 13.6. The third-order valence-electron chi connectivity index (χ3n) is 5.37. The van der Waals surface area contributed by atoms with E-state index < -0.39 is 11.6 Å². The molecular formula is C15H24O3. The van der Waals surface area contributed by atoms with E-state index in [1.54, 1.807) is 0 Å². The number of aliphatic hydroxyl groups is 1. The molecule has 2 unspecified atom stereocenters. The van der Waals surface area contributed by atoms with E-state index in [1.165, 1.54) is 0 Å². The molecule has 0 bridgehead atoms. The predicted molar refractivity (Wildman–Crippen MR) is 70.2 cm³/mol. The van der Waals surface area contributed by atoms with Gasteiger partial charge in [-0.3, -0.25) is 0 Å². The van der Waals surface area contributed by atoms with Crippen LogP contribution in [0, 0.1) is 17.3 Å². The normalized spacial score (nSPS) is 44.2. The first-order valence-corrected chi connectivity index (χ1v) is 6.91. The van der Waals surface area contributed by atoms with Gasteiger partial charge >= 0.3 is 5.97 Å². The number of carboxylic acid groups (broad SMARTS) is 1. The lowest BCUT2D eigenvalue weighted by atomic mass is 9.53. The van der Waals surface area contributed by atoms with Gasteiger partial charge in [0.1, 0.15) is 0 Å². The summed E-state index contributed by atoms with van der Waals surface area (Å²) in [5.74, 6) is -0.655. The van der Waals surface area contributed by atoms with Crippen LogP contribution < -0.4 is 0 Å². The smallest absolute Gasteiger partial charge is 0.331 e. The molecule has 3 nitrogen and oxygen atoms in total. The Kier molecular flexibility index (Phi) is 3.30. The third-order valence-corrected chi connectivity index (χ3v) is 5.37. The Morgan fingerprint density at radius 2 is 1.94 bits per heavy atom. The van der Waals surface area contributed by atoms with Gasteiger partial charge in [0.05, 0.1) is 5.60 Å². The Labute approximate surface area is 109 Å². The fourth-order valence-corrected chi connectivity index (χ4v) is 4.18.